The van der Waals surface area contributed by atoms with Gasteiger partial charge in [0.25, 0.3) is 15.9 Å². The van der Waals surface area contributed by atoms with E-state index < -0.39 is 22.6 Å². The van der Waals surface area contributed by atoms with Gasteiger partial charge in [-0.15, -0.1) is 0 Å². The molecule has 4 rings (SSSR count). The standard InChI is InChI=1S/C30H34N2O5S/c1-22-11-9-18-28(23(22)2)31-29(33)21-37-30(34)25-14-10-17-27(19-25)38(35,36)32(26-15-7-4-8-16-26)20-24-12-5-3-6-13-24/h3-8,10,12-17,19,22-23,28H,9,11,18,20-21H2,1-2H3,(H,31,33). The Bertz CT molecular complexity index is 1350. The molecule has 1 amide bonds. The van der Waals surface area contributed by atoms with Gasteiger partial charge < -0.3 is 10.1 Å². The van der Waals surface area contributed by atoms with E-state index in [4.69, 9.17) is 4.74 Å². The molecule has 1 aliphatic carbocycles. The van der Waals surface area contributed by atoms with Gasteiger partial charge in [0.1, 0.15) is 0 Å². The number of nitrogens with one attached hydrogen (secondary N) is 1. The third kappa shape index (κ3) is 6.61. The third-order valence-electron chi connectivity index (χ3n) is 7.26. The van der Waals surface area contributed by atoms with E-state index in [1.165, 1.54) is 28.6 Å². The summed E-state index contributed by atoms with van der Waals surface area (Å²) in [5, 5.41) is 2.98. The minimum Gasteiger partial charge on any atom is -0.452 e. The van der Waals surface area contributed by atoms with Crippen molar-refractivity contribution in [3.63, 3.8) is 0 Å². The summed E-state index contributed by atoms with van der Waals surface area (Å²) >= 11 is 0. The van der Waals surface area contributed by atoms with Crippen molar-refractivity contribution in [1.29, 1.82) is 0 Å². The minimum atomic E-state index is -4.02. The van der Waals surface area contributed by atoms with Gasteiger partial charge in [0.2, 0.25) is 0 Å². The van der Waals surface area contributed by atoms with Gasteiger partial charge in [0.05, 0.1) is 22.7 Å². The molecule has 1 fully saturated rings. The van der Waals surface area contributed by atoms with Crippen LogP contribution in [0.1, 0.15) is 49.0 Å². The number of carbonyl (C=O) groups excluding carboxylic acids is 2. The van der Waals surface area contributed by atoms with E-state index in [0.29, 0.717) is 17.5 Å². The molecule has 0 radical (unpaired) electrons. The number of amides is 1. The lowest BCUT2D eigenvalue weighted by atomic mass is 9.78. The Kier molecular flexibility index (Phi) is 8.84. The number of para-hydroxylation sites is 1. The molecule has 3 aromatic carbocycles. The van der Waals surface area contributed by atoms with Gasteiger partial charge in [-0.05, 0) is 54.2 Å². The second-order valence-electron chi connectivity index (χ2n) is 9.88. The van der Waals surface area contributed by atoms with E-state index >= 15 is 0 Å². The molecule has 200 valence electrons. The molecule has 38 heavy (non-hydrogen) atoms. The zero-order chi connectivity index (χ0) is 27.1. The zero-order valence-electron chi connectivity index (χ0n) is 21.7. The van der Waals surface area contributed by atoms with E-state index in [1.54, 1.807) is 24.3 Å². The number of benzene rings is 3. The molecular weight excluding hydrogens is 500 g/mol. The number of nitrogens with zero attached hydrogens (tertiary/aromatic N) is 1. The predicted octanol–water partition coefficient (Wildman–Crippen LogP) is 5.18. The van der Waals surface area contributed by atoms with E-state index in [0.717, 1.165) is 24.8 Å². The topological polar surface area (TPSA) is 92.8 Å². The van der Waals surface area contributed by atoms with Crippen LogP contribution in [0.2, 0.25) is 0 Å². The minimum absolute atomic E-state index is 0.0406. The number of hydrogen-bond donors (Lipinski definition) is 1. The molecule has 3 unspecified atom stereocenters. The van der Waals surface area contributed by atoms with Crippen LogP contribution in [-0.2, 0) is 26.1 Å². The normalized spacial score (nSPS) is 19.4. The summed E-state index contributed by atoms with van der Waals surface area (Å²) in [6.45, 7) is 4.02. The van der Waals surface area contributed by atoms with Gasteiger partial charge in [-0.1, -0.05) is 81.3 Å². The van der Waals surface area contributed by atoms with Crippen LogP contribution >= 0.6 is 0 Å². The predicted molar refractivity (Wildman–Crippen MR) is 147 cm³/mol. The first-order valence-corrected chi connectivity index (χ1v) is 14.4. The number of esters is 1. The molecule has 1 saturated carbocycles. The van der Waals surface area contributed by atoms with E-state index in [9.17, 15) is 18.0 Å². The summed E-state index contributed by atoms with van der Waals surface area (Å²) in [4.78, 5) is 25.2. The highest BCUT2D eigenvalue weighted by atomic mass is 32.2. The quantitative estimate of drug-likeness (QED) is 0.382. The van der Waals surface area contributed by atoms with Crippen molar-refractivity contribution in [2.24, 2.45) is 11.8 Å². The summed E-state index contributed by atoms with van der Waals surface area (Å²) in [5.74, 6) is -0.227. The molecule has 8 heteroatoms. The average Bonchev–Trinajstić information content (AvgIpc) is 2.94. The first kappa shape index (κ1) is 27.4. The smallest absolute Gasteiger partial charge is 0.338 e. The summed E-state index contributed by atoms with van der Waals surface area (Å²) in [7, 11) is -4.02. The lowest BCUT2D eigenvalue weighted by Crippen LogP contribution is -2.45. The zero-order valence-corrected chi connectivity index (χ0v) is 22.6. The van der Waals surface area contributed by atoms with Crippen LogP contribution in [0.4, 0.5) is 5.69 Å². The number of hydrogen-bond acceptors (Lipinski definition) is 5. The Balaban J connectivity index is 1.48. The number of anilines is 1. The molecule has 7 nitrogen and oxygen atoms in total. The largest absolute Gasteiger partial charge is 0.452 e. The Morgan fingerprint density at radius 1 is 0.921 bits per heavy atom. The van der Waals surface area contributed by atoms with Crippen molar-refractivity contribution in [2.75, 3.05) is 10.9 Å². The molecule has 0 aromatic heterocycles. The molecule has 1 aliphatic rings. The van der Waals surface area contributed by atoms with E-state index in [1.807, 2.05) is 36.4 Å². The Hall–Kier alpha value is -3.65. The molecule has 1 N–H and O–H groups in total. The van der Waals surface area contributed by atoms with E-state index in [2.05, 4.69) is 19.2 Å². The maximum absolute atomic E-state index is 13.8. The molecule has 0 bridgehead atoms. The average molecular weight is 535 g/mol. The van der Waals surface area contributed by atoms with Gasteiger partial charge >= 0.3 is 5.97 Å². The maximum atomic E-state index is 13.8. The second-order valence-corrected chi connectivity index (χ2v) is 11.7. The first-order valence-electron chi connectivity index (χ1n) is 12.9. The Morgan fingerprint density at radius 3 is 2.32 bits per heavy atom. The van der Waals surface area contributed by atoms with Gasteiger partial charge in [0.15, 0.2) is 6.61 Å². The third-order valence-corrected chi connectivity index (χ3v) is 9.03. The monoisotopic (exact) mass is 534 g/mol. The maximum Gasteiger partial charge on any atom is 0.338 e. The summed E-state index contributed by atoms with van der Waals surface area (Å²) in [6.07, 6.45) is 3.11. The lowest BCUT2D eigenvalue weighted by Gasteiger charge is -2.34. The van der Waals surface area contributed by atoms with E-state index in [-0.39, 0.29) is 29.0 Å². The molecule has 0 heterocycles. The van der Waals surface area contributed by atoms with Crippen molar-refractivity contribution >= 4 is 27.6 Å². The number of carbonyl (C=O) groups is 2. The van der Waals surface area contributed by atoms with Crippen molar-refractivity contribution in [3.05, 3.63) is 96.1 Å². The summed E-state index contributed by atoms with van der Waals surface area (Å²) in [6, 6.07) is 23.9. The summed E-state index contributed by atoms with van der Waals surface area (Å²) in [5.41, 5.74) is 1.39. The van der Waals surface area contributed by atoms with Crippen molar-refractivity contribution in [1.82, 2.24) is 5.32 Å². The van der Waals surface area contributed by atoms with Gasteiger partial charge in [-0.3, -0.25) is 9.10 Å². The van der Waals surface area contributed by atoms with Crippen molar-refractivity contribution < 1.29 is 22.7 Å². The number of sulfonamides is 1. The second kappa shape index (κ2) is 12.3. The fourth-order valence-electron chi connectivity index (χ4n) is 4.82. The fraction of sp³-hybridized carbons (Fsp3) is 0.333. The molecule has 3 atom stereocenters. The highest BCUT2D eigenvalue weighted by Crippen LogP contribution is 2.29. The number of rotatable bonds is 9. The van der Waals surface area contributed by atoms with Crippen LogP contribution in [0.5, 0.6) is 0 Å². The first-order chi connectivity index (χ1) is 18.3. The molecule has 0 aliphatic heterocycles. The Morgan fingerprint density at radius 2 is 1.61 bits per heavy atom. The van der Waals surface area contributed by atoms with Gasteiger partial charge in [-0.2, -0.15) is 0 Å². The van der Waals surface area contributed by atoms with Crippen LogP contribution < -0.4 is 9.62 Å². The molecular formula is C30H34N2O5S. The van der Waals surface area contributed by atoms with Crippen molar-refractivity contribution in [3.8, 4) is 0 Å². The van der Waals surface area contributed by atoms with Crippen LogP contribution in [0.3, 0.4) is 0 Å². The van der Waals surface area contributed by atoms with Gasteiger partial charge in [0, 0.05) is 6.04 Å². The van der Waals surface area contributed by atoms with Crippen LogP contribution in [0, 0.1) is 11.8 Å². The van der Waals surface area contributed by atoms with Gasteiger partial charge in [-0.25, -0.2) is 13.2 Å². The summed E-state index contributed by atoms with van der Waals surface area (Å²) < 4.78 is 34.1. The number of ether oxygens (including phenoxy) is 1. The van der Waals surface area contributed by atoms with Crippen LogP contribution in [-0.4, -0.2) is 32.9 Å². The molecule has 0 spiro atoms. The highest BCUT2D eigenvalue weighted by molar-refractivity contribution is 7.92. The lowest BCUT2D eigenvalue weighted by molar-refractivity contribution is -0.125. The van der Waals surface area contributed by atoms with Crippen LogP contribution in [0.15, 0.2) is 89.8 Å². The Labute approximate surface area is 224 Å². The van der Waals surface area contributed by atoms with Crippen molar-refractivity contribution in [2.45, 2.75) is 50.6 Å². The highest BCUT2D eigenvalue weighted by Gasteiger charge is 2.29. The SMILES string of the molecule is CC1CCCC(NC(=O)COC(=O)c2cccc(S(=O)(=O)N(Cc3ccccc3)c3ccccc3)c2)C1C. The van der Waals surface area contributed by atoms with Crippen LogP contribution in [0.25, 0.3) is 0 Å². The molecule has 3 aromatic rings. The molecule has 0 saturated heterocycles. The fourth-order valence-corrected chi connectivity index (χ4v) is 6.32.